The van der Waals surface area contributed by atoms with E-state index >= 15 is 0 Å². The molecule has 1 fully saturated rings. The molecule has 0 spiro atoms. The van der Waals surface area contributed by atoms with Gasteiger partial charge in [-0.1, -0.05) is 0 Å². The molecule has 1 aliphatic heterocycles. The van der Waals surface area contributed by atoms with Crippen molar-refractivity contribution in [2.75, 3.05) is 48.2 Å². The number of benzene rings is 1. The Labute approximate surface area is 165 Å². The highest BCUT2D eigenvalue weighted by Crippen LogP contribution is 2.38. The van der Waals surface area contributed by atoms with Crippen molar-refractivity contribution in [3.05, 3.63) is 17.7 Å². The molecule has 2 rings (SSSR count). The van der Waals surface area contributed by atoms with Crippen molar-refractivity contribution in [1.82, 2.24) is 4.90 Å². The van der Waals surface area contributed by atoms with Crippen LogP contribution < -0.4 is 14.2 Å². The maximum absolute atomic E-state index is 12.9. The molecule has 0 bridgehead atoms. The zero-order valence-corrected chi connectivity index (χ0v) is 17.0. The quantitative estimate of drug-likeness (QED) is 0.466. The number of carbonyl (C=O) groups excluding carboxylic acids is 2. The third-order valence-electron chi connectivity index (χ3n) is 4.71. The molecule has 1 unspecified atom stereocenters. The number of piperidine rings is 1. The first-order chi connectivity index (χ1) is 13.5. The molecule has 1 saturated heterocycles. The number of methoxy groups -OCH3 is 4. The largest absolute Gasteiger partial charge is 0.493 e. The van der Waals surface area contributed by atoms with E-state index in [0.717, 1.165) is 18.4 Å². The Morgan fingerprint density at radius 1 is 1.00 bits per heavy atom. The van der Waals surface area contributed by atoms with E-state index in [1.807, 2.05) is 0 Å². The number of ether oxygens (including phenoxy) is 5. The number of esters is 1. The van der Waals surface area contributed by atoms with E-state index in [4.69, 9.17) is 23.7 Å². The molecular formula is C20H29NO7. The third-order valence-corrected chi connectivity index (χ3v) is 4.71. The van der Waals surface area contributed by atoms with E-state index in [1.165, 1.54) is 21.3 Å². The van der Waals surface area contributed by atoms with Crippen molar-refractivity contribution < 1.29 is 33.3 Å². The van der Waals surface area contributed by atoms with Crippen LogP contribution in [-0.4, -0.2) is 71.0 Å². The molecule has 156 valence electrons. The monoisotopic (exact) mass is 395 g/mol. The number of rotatable bonds is 9. The normalized spacial score (nSPS) is 16.4. The molecule has 28 heavy (non-hydrogen) atoms. The van der Waals surface area contributed by atoms with Gasteiger partial charge < -0.3 is 28.6 Å². The van der Waals surface area contributed by atoms with Crippen LogP contribution in [0.4, 0.5) is 0 Å². The molecule has 0 radical (unpaired) electrons. The fourth-order valence-corrected chi connectivity index (χ4v) is 3.31. The number of hydrogen-bond donors (Lipinski definition) is 0. The molecule has 0 saturated carbocycles. The molecule has 1 atom stereocenters. The van der Waals surface area contributed by atoms with Crippen LogP contribution in [0.1, 0.15) is 24.8 Å². The lowest BCUT2D eigenvalue weighted by molar-refractivity contribution is -0.157. The molecule has 0 aromatic heterocycles. The van der Waals surface area contributed by atoms with Gasteiger partial charge >= 0.3 is 5.97 Å². The summed E-state index contributed by atoms with van der Waals surface area (Å²) >= 11 is 0. The average molecular weight is 395 g/mol. The zero-order chi connectivity index (χ0) is 20.5. The van der Waals surface area contributed by atoms with E-state index in [1.54, 1.807) is 24.1 Å². The molecule has 1 heterocycles. The van der Waals surface area contributed by atoms with Crippen molar-refractivity contribution in [1.29, 1.82) is 0 Å². The second-order valence-electron chi connectivity index (χ2n) is 6.47. The van der Waals surface area contributed by atoms with Crippen LogP contribution in [0.2, 0.25) is 0 Å². The van der Waals surface area contributed by atoms with Gasteiger partial charge in [-0.15, -0.1) is 0 Å². The molecule has 1 aromatic carbocycles. The van der Waals surface area contributed by atoms with Gasteiger partial charge in [0.2, 0.25) is 11.7 Å². The van der Waals surface area contributed by atoms with Gasteiger partial charge in [-0.05, 0) is 37.0 Å². The molecule has 0 aliphatic carbocycles. The third kappa shape index (κ3) is 5.28. The predicted octanol–water partition coefficient (Wildman–Crippen LogP) is 1.83. The second kappa shape index (κ2) is 10.8. The van der Waals surface area contributed by atoms with Gasteiger partial charge in [-0.25, -0.2) is 4.79 Å². The molecule has 1 aliphatic rings. The van der Waals surface area contributed by atoms with E-state index in [2.05, 4.69) is 0 Å². The number of nitrogens with zero attached hydrogens (tertiary/aromatic N) is 1. The summed E-state index contributed by atoms with van der Waals surface area (Å²) in [4.78, 5) is 27.0. The summed E-state index contributed by atoms with van der Waals surface area (Å²) in [5.41, 5.74) is 0.719. The van der Waals surface area contributed by atoms with Crippen LogP contribution in [0.3, 0.4) is 0 Å². The Kier molecular flexibility index (Phi) is 8.38. The highest BCUT2D eigenvalue weighted by molar-refractivity contribution is 5.86. The van der Waals surface area contributed by atoms with Gasteiger partial charge in [0.05, 0.1) is 34.4 Å². The average Bonchev–Trinajstić information content (AvgIpc) is 2.72. The minimum atomic E-state index is -0.555. The molecule has 8 heteroatoms. The Morgan fingerprint density at radius 2 is 1.68 bits per heavy atom. The lowest BCUT2D eigenvalue weighted by Gasteiger charge is -2.34. The minimum Gasteiger partial charge on any atom is -0.493 e. The second-order valence-corrected chi connectivity index (χ2v) is 6.47. The summed E-state index contributed by atoms with van der Waals surface area (Å²) in [6.45, 7) is 1.05. The summed E-state index contributed by atoms with van der Waals surface area (Å²) < 4.78 is 26.1. The predicted molar refractivity (Wildman–Crippen MR) is 102 cm³/mol. The Balaban J connectivity index is 2.14. The lowest BCUT2D eigenvalue weighted by Crippen LogP contribution is -2.49. The molecule has 8 nitrogen and oxygen atoms in total. The maximum Gasteiger partial charge on any atom is 0.328 e. The van der Waals surface area contributed by atoms with E-state index in [0.29, 0.717) is 36.8 Å². The van der Waals surface area contributed by atoms with Crippen molar-refractivity contribution in [2.24, 2.45) is 0 Å². The van der Waals surface area contributed by atoms with Crippen LogP contribution in [0.15, 0.2) is 12.1 Å². The summed E-state index contributed by atoms with van der Waals surface area (Å²) in [6.07, 6.45) is 2.48. The number of amides is 1. The minimum absolute atomic E-state index is 0.124. The standard InChI is InChI=1S/C20H29NO7/c1-24-9-10-28-20(23)15-7-5-6-8-21(15)18(22)13-14-11-16(25-2)19(27-4)17(12-14)26-3/h11-12,15H,5-10,13H2,1-4H3. The summed E-state index contributed by atoms with van der Waals surface area (Å²) in [7, 11) is 6.12. The highest BCUT2D eigenvalue weighted by atomic mass is 16.6. The molecule has 1 aromatic rings. The summed E-state index contributed by atoms with van der Waals surface area (Å²) in [5.74, 6) is 0.925. The van der Waals surface area contributed by atoms with Crippen LogP contribution in [0.5, 0.6) is 17.2 Å². The Bertz CT molecular complexity index is 652. The van der Waals surface area contributed by atoms with Gasteiger partial charge in [0.25, 0.3) is 0 Å². The first-order valence-electron chi connectivity index (χ1n) is 9.29. The van der Waals surface area contributed by atoms with Gasteiger partial charge in [-0.2, -0.15) is 0 Å². The van der Waals surface area contributed by atoms with Gasteiger partial charge in [-0.3, -0.25) is 4.79 Å². The van der Waals surface area contributed by atoms with Crippen molar-refractivity contribution >= 4 is 11.9 Å². The van der Waals surface area contributed by atoms with Crippen molar-refractivity contribution in [3.63, 3.8) is 0 Å². The SMILES string of the molecule is COCCOC(=O)C1CCCCN1C(=O)Cc1cc(OC)c(OC)c(OC)c1. The first kappa shape index (κ1) is 21.8. The fourth-order valence-electron chi connectivity index (χ4n) is 3.31. The molecular weight excluding hydrogens is 366 g/mol. The fraction of sp³-hybridized carbons (Fsp3) is 0.600. The van der Waals surface area contributed by atoms with E-state index < -0.39 is 6.04 Å². The number of carbonyl (C=O) groups is 2. The lowest BCUT2D eigenvalue weighted by atomic mass is 10.0. The van der Waals surface area contributed by atoms with Gasteiger partial charge in [0.15, 0.2) is 11.5 Å². The van der Waals surface area contributed by atoms with Crippen molar-refractivity contribution in [3.8, 4) is 17.2 Å². The van der Waals surface area contributed by atoms with Gasteiger partial charge in [0.1, 0.15) is 12.6 Å². The highest BCUT2D eigenvalue weighted by Gasteiger charge is 2.33. The summed E-state index contributed by atoms with van der Waals surface area (Å²) in [6, 6.07) is 2.93. The van der Waals surface area contributed by atoms with Crippen LogP contribution >= 0.6 is 0 Å². The van der Waals surface area contributed by atoms with Crippen LogP contribution in [0.25, 0.3) is 0 Å². The van der Waals surface area contributed by atoms with Crippen LogP contribution in [0, 0.1) is 0 Å². The van der Waals surface area contributed by atoms with E-state index in [9.17, 15) is 9.59 Å². The maximum atomic E-state index is 12.9. The molecule has 1 amide bonds. The number of likely N-dealkylation sites (tertiary alicyclic amines) is 1. The van der Waals surface area contributed by atoms with Crippen molar-refractivity contribution in [2.45, 2.75) is 31.7 Å². The summed E-state index contributed by atoms with van der Waals surface area (Å²) in [5, 5.41) is 0. The smallest absolute Gasteiger partial charge is 0.328 e. The Hall–Kier alpha value is -2.48. The van der Waals surface area contributed by atoms with Crippen LogP contribution in [-0.2, 0) is 25.5 Å². The first-order valence-corrected chi connectivity index (χ1v) is 9.29. The zero-order valence-electron chi connectivity index (χ0n) is 17.0. The topological polar surface area (TPSA) is 83.5 Å². The number of hydrogen-bond acceptors (Lipinski definition) is 7. The van der Waals surface area contributed by atoms with E-state index in [-0.39, 0.29) is 24.9 Å². The molecule has 0 N–H and O–H groups in total. The Morgan fingerprint density at radius 3 is 2.25 bits per heavy atom. The van der Waals surface area contributed by atoms with Gasteiger partial charge in [0, 0.05) is 13.7 Å².